The normalized spacial score (nSPS) is 9.90. The molecule has 2 N–H and O–H groups in total. The number of nitrogens with zero attached hydrogens (tertiary/aromatic N) is 1. The molecule has 0 atom stereocenters. The Hall–Kier alpha value is 0.450. The lowest BCUT2D eigenvalue weighted by Crippen LogP contribution is -1.92. The molecule has 0 unspecified atom stereocenters. The Morgan fingerprint density at radius 2 is 2.30 bits per heavy atom. The predicted molar refractivity (Wildman–Crippen MR) is 54.1 cm³/mol. The fourth-order valence-corrected chi connectivity index (χ4v) is 2.31. The van der Waals surface area contributed by atoms with E-state index >= 15 is 0 Å². The van der Waals surface area contributed by atoms with Crippen molar-refractivity contribution in [2.24, 2.45) is 0 Å². The minimum absolute atomic E-state index is 0.346. The van der Waals surface area contributed by atoms with Crippen molar-refractivity contribution >= 4 is 55.8 Å². The Morgan fingerprint density at radius 3 is 2.80 bits per heavy atom. The van der Waals surface area contributed by atoms with Gasteiger partial charge in [-0.1, -0.05) is 11.6 Å². The van der Waals surface area contributed by atoms with Gasteiger partial charge in [0.1, 0.15) is 4.60 Å². The van der Waals surface area contributed by atoms with Crippen molar-refractivity contribution in [2.45, 2.75) is 0 Å². The minimum Gasteiger partial charge on any atom is -0.395 e. The van der Waals surface area contributed by atoms with Crippen molar-refractivity contribution in [3.8, 4) is 0 Å². The molecule has 0 aliphatic heterocycles. The standard InChI is InChI=1S/C5H3BrClIN2/c6-3-1-2(8)4(9)5(7)10-3/h1H,9H2. The van der Waals surface area contributed by atoms with E-state index in [2.05, 4.69) is 43.5 Å². The Balaban J connectivity index is 3.31. The fourth-order valence-electron chi connectivity index (χ4n) is 0.467. The summed E-state index contributed by atoms with van der Waals surface area (Å²) in [5.41, 5.74) is 6.06. The number of halogens is 3. The molecule has 10 heavy (non-hydrogen) atoms. The van der Waals surface area contributed by atoms with Gasteiger partial charge in [-0.15, -0.1) is 0 Å². The van der Waals surface area contributed by atoms with Gasteiger partial charge in [-0.2, -0.15) is 0 Å². The van der Waals surface area contributed by atoms with E-state index in [0.717, 1.165) is 3.57 Å². The van der Waals surface area contributed by atoms with Gasteiger partial charge in [-0.25, -0.2) is 4.98 Å². The van der Waals surface area contributed by atoms with E-state index in [1.54, 1.807) is 0 Å². The molecular formula is C5H3BrClIN2. The first kappa shape index (κ1) is 8.55. The molecule has 0 radical (unpaired) electrons. The van der Waals surface area contributed by atoms with Crippen molar-refractivity contribution in [3.05, 3.63) is 19.4 Å². The molecule has 0 aliphatic rings. The second kappa shape index (κ2) is 3.23. The number of hydrogen-bond donors (Lipinski definition) is 1. The fraction of sp³-hybridized carbons (Fsp3) is 0. The quantitative estimate of drug-likeness (QED) is 0.586. The molecule has 2 nitrogen and oxygen atoms in total. The van der Waals surface area contributed by atoms with Crippen molar-refractivity contribution in [1.29, 1.82) is 0 Å². The lowest BCUT2D eigenvalue weighted by atomic mass is 10.4. The van der Waals surface area contributed by atoms with Gasteiger partial charge in [0.15, 0.2) is 5.15 Å². The third-order valence-electron chi connectivity index (χ3n) is 0.930. The topological polar surface area (TPSA) is 38.9 Å². The molecule has 54 valence electrons. The van der Waals surface area contributed by atoms with Crippen LogP contribution in [0.3, 0.4) is 0 Å². The van der Waals surface area contributed by atoms with Crippen LogP contribution in [0.15, 0.2) is 10.7 Å². The van der Waals surface area contributed by atoms with Crippen molar-refractivity contribution in [1.82, 2.24) is 4.98 Å². The Morgan fingerprint density at radius 1 is 1.70 bits per heavy atom. The molecule has 1 heterocycles. The third-order valence-corrected chi connectivity index (χ3v) is 2.52. The molecule has 1 aromatic rings. The zero-order valence-corrected chi connectivity index (χ0v) is 9.24. The third kappa shape index (κ3) is 1.73. The highest BCUT2D eigenvalue weighted by molar-refractivity contribution is 14.1. The van der Waals surface area contributed by atoms with E-state index in [1.165, 1.54) is 0 Å². The molecule has 0 fully saturated rings. The summed E-state index contributed by atoms with van der Waals surface area (Å²) < 4.78 is 1.61. The molecule has 0 bridgehead atoms. The molecule has 1 aromatic heterocycles. The molecule has 0 amide bonds. The van der Waals surface area contributed by atoms with Gasteiger partial charge in [0, 0.05) is 3.57 Å². The molecule has 5 heteroatoms. The maximum atomic E-state index is 5.65. The van der Waals surface area contributed by atoms with Crippen molar-refractivity contribution in [3.63, 3.8) is 0 Å². The summed E-state index contributed by atoms with van der Waals surface area (Å²) in [6.45, 7) is 0. The highest BCUT2D eigenvalue weighted by Gasteiger charge is 2.02. The molecule has 0 aromatic carbocycles. The van der Waals surface area contributed by atoms with Gasteiger partial charge in [0.2, 0.25) is 0 Å². The zero-order chi connectivity index (χ0) is 7.72. The van der Waals surface area contributed by atoms with E-state index in [-0.39, 0.29) is 0 Å². The van der Waals surface area contributed by atoms with Crippen LogP contribution < -0.4 is 5.73 Å². The summed E-state index contributed by atoms with van der Waals surface area (Å²) in [4.78, 5) is 3.89. The average Bonchev–Trinajstić information content (AvgIpc) is 1.82. The summed E-state index contributed by atoms with van der Waals surface area (Å²) in [6.07, 6.45) is 0. The van der Waals surface area contributed by atoms with Gasteiger partial charge in [0.05, 0.1) is 5.69 Å². The van der Waals surface area contributed by atoms with Crippen molar-refractivity contribution in [2.75, 3.05) is 5.73 Å². The van der Waals surface area contributed by atoms with E-state index in [4.69, 9.17) is 17.3 Å². The Bertz CT molecular complexity index is 243. The van der Waals surface area contributed by atoms with Gasteiger partial charge < -0.3 is 5.73 Å². The zero-order valence-electron chi connectivity index (χ0n) is 4.74. The summed E-state index contributed by atoms with van der Waals surface area (Å²) in [5, 5.41) is 0.346. The summed E-state index contributed by atoms with van der Waals surface area (Å²) >= 11 is 10.9. The first-order valence-corrected chi connectivity index (χ1v) is 4.63. The van der Waals surface area contributed by atoms with Crippen LogP contribution in [-0.2, 0) is 0 Å². The number of aromatic nitrogens is 1. The molecular weight excluding hydrogens is 330 g/mol. The molecule has 1 rings (SSSR count). The highest BCUT2D eigenvalue weighted by atomic mass is 127. The molecule has 0 spiro atoms. The number of anilines is 1. The number of nitrogens with two attached hydrogens (primary N) is 1. The monoisotopic (exact) mass is 332 g/mol. The van der Waals surface area contributed by atoms with Gasteiger partial charge in [0.25, 0.3) is 0 Å². The van der Waals surface area contributed by atoms with Crippen LogP contribution in [0.4, 0.5) is 5.69 Å². The largest absolute Gasteiger partial charge is 0.395 e. The predicted octanol–water partition coefficient (Wildman–Crippen LogP) is 2.68. The molecule has 0 aliphatic carbocycles. The lowest BCUT2D eigenvalue weighted by Gasteiger charge is -1.99. The first-order chi connectivity index (χ1) is 4.61. The van der Waals surface area contributed by atoms with Crippen LogP contribution in [0.25, 0.3) is 0 Å². The van der Waals surface area contributed by atoms with Crippen LogP contribution in [-0.4, -0.2) is 4.98 Å². The molecule has 0 saturated carbocycles. The van der Waals surface area contributed by atoms with Crippen LogP contribution in [0.1, 0.15) is 0 Å². The maximum absolute atomic E-state index is 5.65. The number of rotatable bonds is 0. The number of nitrogen functional groups attached to an aromatic ring is 1. The van der Waals surface area contributed by atoms with E-state index in [9.17, 15) is 0 Å². The summed E-state index contributed by atoms with van der Waals surface area (Å²) in [6, 6.07) is 1.81. The van der Waals surface area contributed by atoms with Crippen LogP contribution in [0.5, 0.6) is 0 Å². The first-order valence-electron chi connectivity index (χ1n) is 2.38. The SMILES string of the molecule is Nc1c(I)cc(Br)nc1Cl. The second-order valence-electron chi connectivity index (χ2n) is 1.63. The summed E-state index contributed by atoms with van der Waals surface area (Å²) in [5.74, 6) is 0. The highest BCUT2D eigenvalue weighted by Crippen LogP contribution is 2.24. The van der Waals surface area contributed by atoms with Gasteiger partial charge in [-0.05, 0) is 44.6 Å². The average molecular weight is 333 g/mol. The maximum Gasteiger partial charge on any atom is 0.154 e. The van der Waals surface area contributed by atoms with E-state index < -0.39 is 0 Å². The van der Waals surface area contributed by atoms with Crippen LogP contribution >= 0.6 is 50.1 Å². The summed E-state index contributed by atoms with van der Waals surface area (Å²) in [7, 11) is 0. The van der Waals surface area contributed by atoms with Crippen molar-refractivity contribution < 1.29 is 0 Å². The smallest absolute Gasteiger partial charge is 0.154 e. The van der Waals surface area contributed by atoms with Gasteiger partial charge >= 0.3 is 0 Å². The van der Waals surface area contributed by atoms with E-state index in [0.29, 0.717) is 15.4 Å². The number of hydrogen-bond acceptors (Lipinski definition) is 2. The Labute approximate surface area is 85.4 Å². The molecule has 0 saturated heterocycles. The van der Waals surface area contributed by atoms with Crippen LogP contribution in [0.2, 0.25) is 5.15 Å². The number of pyridine rings is 1. The minimum atomic E-state index is 0.346. The lowest BCUT2D eigenvalue weighted by molar-refractivity contribution is 1.27. The second-order valence-corrected chi connectivity index (χ2v) is 3.96. The van der Waals surface area contributed by atoms with E-state index in [1.807, 2.05) is 6.07 Å². The van der Waals surface area contributed by atoms with Gasteiger partial charge in [-0.3, -0.25) is 0 Å². The van der Waals surface area contributed by atoms with Crippen LogP contribution in [0, 0.1) is 3.57 Å². The Kier molecular flexibility index (Phi) is 2.76.